The number of furan rings is 1. The third-order valence-corrected chi connectivity index (χ3v) is 5.50. The van der Waals surface area contributed by atoms with Crippen LogP contribution in [0.4, 0.5) is 11.4 Å². The van der Waals surface area contributed by atoms with Crippen LogP contribution in [0.5, 0.6) is 0 Å². The molecule has 0 aliphatic carbocycles. The first-order chi connectivity index (χ1) is 14.0. The molecule has 150 valence electrons. The molecule has 8 heteroatoms. The van der Waals surface area contributed by atoms with Crippen molar-refractivity contribution in [2.75, 3.05) is 11.4 Å². The van der Waals surface area contributed by atoms with Gasteiger partial charge in [-0.1, -0.05) is 6.92 Å². The Morgan fingerprint density at radius 2 is 2.17 bits per heavy atom. The average Bonchev–Trinajstić information content (AvgIpc) is 3.39. The van der Waals surface area contributed by atoms with Crippen LogP contribution in [0.2, 0.25) is 0 Å². The summed E-state index contributed by atoms with van der Waals surface area (Å²) in [4.78, 5) is 30.3. The van der Waals surface area contributed by atoms with E-state index in [2.05, 4.69) is 11.9 Å². The number of hydrogen-bond donors (Lipinski definition) is 0. The molecule has 2 aromatic heterocycles. The van der Waals surface area contributed by atoms with Crippen molar-refractivity contribution in [3.63, 3.8) is 0 Å². The first kappa shape index (κ1) is 18.9. The molecule has 1 aliphatic heterocycles. The van der Waals surface area contributed by atoms with Crippen molar-refractivity contribution in [1.29, 1.82) is 0 Å². The van der Waals surface area contributed by atoms with E-state index in [1.807, 2.05) is 17.0 Å². The molecule has 1 aliphatic rings. The fraction of sp³-hybridized carbons (Fsp3) is 0.333. The molecular formula is C21H22N4O4. The number of anilines is 1. The van der Waals surface area contributed by atoms with Crippen molar-refractivity contribution < 1.29 is 14.1 Å². The summed E-state index contributed by atoms with van der Waals surface area (Å²) in [7, 11) is 1.71. The number of ketones is 1. The number of nitro groups is 1. The van der Waals surface area contributed by atoms with E-state index in [0.29, 0.717) is 18.2 Å². The standard InChI is InChI=1S/C21H22N4O4/c1-14-7-9-24(18(12-14)19-4-3-11-29-19)16-6-5-15(13-17(16)25(27)28)20(26)21-22-8-10-23(21)2/h3-6,8,10-11,13-14,18H,7,9,12H2,1-2H3. The largest absolute Gasteiger partial charge is 0.467 e. The van der Waals surface area contributed by atoms with Crippen LogP contribution in [-0.4, -0.2) is 26.8 Å². The van der Waals surface area contributed by atoms with Gasteiger partial charge in [0.2, 0.25) is 5.78 Å². The Balaban J connectivity index is 1.74. The summed E-state index contributed by atoms with van der Waals surface area (Å²) in [5.74, 6) is 1.18. The average molecular weight is 394 g/mol. The van der Waals surface area contributed by atoms with E-state index in [-0.39, 0.29) is 28.9 Å². The molecule has 0 spiro atoms. The minimum absolute atomic E-state index is 0.0801. The highest BCUT2D eigenvalue weighted by atomic mass is 16.6. The van der Waals surface area contributed by atoms with Gasteiger partial charge >= 0.3 is 0 Å². The number of rotatable bonds is 5. The fourth-order valence-electron chi connectivity index (χ4n) is 3.95. The van der Waals surface area contributed by atoms with Gasteiger partial charge in [0.1, 0.15) is 11.4 Å². The van der Waals surface area contributed by atoms with Crippen LogP contribution in [0.25, 0.3) is 0 Å². The zero-order valence-electron chi connectivity index (χ0n) is 16.3. The molecular weight excluding hydrogens is 372 g/mol. The van der Waals surface area contributed by atoms with Gasteiger partial charge in [-0.2, -0.15) is 0 Å². The highest BCUT2D eigenvalue weighted by molar-refractivity contribution is 6.07. The first-order valence-corrected chi connectivity index (χ1v) is 9.56. The number of nitro benzene ring substituents is 1. The van der Waals surface area contributed by atoms with Gasteiger partial charge in [-0.05, 0) is 43.0 Å². The Labute approximate surface area is 167 Å². The Hall–Kier alpha value is -3.42. The highest BCUT2D eigenvalue weighted by Gasteiger charge is 2.33. The molecule has 0 saturated carbocycles. The molecule has 2 unspecified atom stereocenters. The normalized spacial score (nSPS) is 19.3. The summed E-state index contributed by atoms with van der Waals surface area (Å²) >= 11 is 0. The fourth-order valence-corrected chi connectivity index (χ4v) is 3.95. The van der Waals surface area contributed by atoms with Crippen molar-refractivity contribution >= 4 is 17.2 Å². The summed E-state index contributed by atoms with van der Waals surface area (Å²) in [6.07, 6.45) is 6.59. The van der Waals surface area contributed by atoms with Crippen LogP contribution in [-0.2, 0) is 7.05 Å². The van der Waals surface area contributed by atoms with Crippen LogP contribution in [0.1, 0.15) is 47.7 Å². The van der Waals surface area contributed by atoms with Gasteiger partial charge in [0.05, 0.1) is 17.2 Å². The third kappa shape index (κ3) is 3.53. The Kier molecular flexibility index (Phi) is 4.92. The van der Waals surface area contributed by atoms with E-state index in [4.69, 9.17) is 4.42 Å². The Morgan fingerprint density at radius 3 is 2.83 bits per heavy atom. The molecule has 1 saturated heterocycles. The first-order valence-electron chi connectivity index (χ1n) is 9.56. The molecule has 8 nitrogen and oxygen atoms in total. The molecule has 2 atom stereocenters. The summed E-state index contributed by atoms with van der Waals surface area (Å²) in [5.41, 5.74) is 0.658. The zero-order valence-corrected chi connectivity index (χ0v) is 16.3. The van der Waals surface area contributed by atoms with Gasteiger partial charge in [0, 0.05) is 37.6 Å². The van der Waals surface area contributed by atoms with Crippen LogP contribution < -0.4 is 4.90 Å². The van der Waals surface area contributed by atoms with E-state index in [1.165, 1.54) is 12.3 Å². The molecule has 0 radical (unpaired) electrons. The number of aryl methyl sites for hydroxylation is 1. The van der Waals surface area contributed by atoms with Gasteiger partial charge in [-0.25, -0.2) is 4.98 Å². The molecule has 0 N–H and O–H groups in total. The number of carbonyl (C=O) groups is 1. The summed E-state index contributed by atoms with van der Waals surface area (Å²) < 4.78 is 7.22. The molecule has 0 bridgehead atoms. The Bertz CT molecular complexity index is 1040. The number of carbonyl (C=O) groups excluding carboxylic acids is 1. The molecule has 29 heavy (non-hydrogen) atoms. The molecule has 1 fully saturated rings. The van der Waals surface area contributed by atoms with Crippen molar-refractivity contribution in [2.24, 2.45) is 13.0 Å². The number of benzene rings is 1. The topological polar surface area (TPSA) is 94.4 Å². The lowest BCUT2D eigenvalue weighted by Gasteiger charge is -2.38. The van der Waals surface area contributed by atoms with Crippen LogP contribution in [0.15, 0.2) is 53.4 Å². The van der Waals surface area contributed by atoms with Crippen LogP contribution in [0.3, 0.4) is 0 Å². The molecule has 3 heterocycles. The van der Waals surface area contributed by atoms with Crippen molar-refractivity contribution in [1.82, 2.24) is 9.55 Å². The maximum absolute atomic E-state index is 12.8. The lowest BCUT2D eigenvalue weighted by atomic mass is 9.90. The predicted molar refractivity (Wildman–Crippen MR) is 107 cm³/mol. The lowest BCUT2D eigenvalue weighted by Crippen LogP contribution is -2.36. The SMILES string of the molecule is CC1CCN(c2ccc(C(=O)c3nccn3C)cc2[N+](=O)[O-])C(c2ccco2)C1. The second kappa shape index (κ2) is 7.54. The number of piperidine rings is 1. The zero-order chi connectivity index (χ0) is 20.5. The summed E-state index contributed by atoms with van der Waals surface area (Å²) in [6.45, 7) is 2.86. The maximum Gasteiger partial charge on any atom is 0.293 e. The molecule has 0 amide bonds. The van der Waals surface area contributed by atoms with E-state index in [1.54, 1.807) is 36.2 Å². The number of nitrogens with zero attached hydrogens (tertiary/aromatic N) is 4. The molecule has 4 rings (SSSR count). The lowest BCUT2D eigenvalue weighted by molar-refractivity contribution is -0.384. The second-order valence-corrected chi connectivity index (χ2v) is 7.51. The monoisotopic (exact) mass is 394 g/mol. The van der Waals surface area contributed by atoms with Crippen molar-refractivity contribution in [3.8, 4) is 0 Å². The van der Waals surface area contributed by atoms with Gasteiger partial charge in [-0.3, -0.25) is 14.9 Å². The van der Waals surface area contributed by atoms with Crippen molar-refractivity contribution in [2.45, 2.75) is 25.8 Å². The quantitative estimate of drug-likeness (QED) is 0.367. The number of hydrogen-bond acceptors (Lipinski definition) is 6. The van der Waals surface area contributed by atoms with Crippen molar-refractivity contribution in [3.05, 3.63) is 76.3 Å². The summed E-state index contributed by atoms with van der Waals surface area (Å²) in [5, 5.41) is 11.9. The van der Waals surface area contributed by atoms with E-state index in [9.17, 15) is 14.9 Å². The minimum Gasteiger partial charge on any atom is -0.467 e. The van der Waals surface area contributed by atoms with E-state index < -0.39 is 4.92 Å². The number of aromatic nitrogens is 2. The summed E-state index contributed by atoms with van der Waals surface area (Å²) in [6, 6.07) is 8.31. The van der Waals surface area contributed by atoms with Crippen LogP contribution in [0, 0.1) is 16.0 Å². The van der Waals surface area contributed by atoms with Crippen LogP contribution >= 0.6 is 0 Å². The minimum atomic E-state index is -0.429. The Morgan fingerprint density at radius 1 is 1.34 bits per heavy atom. The number of imidazole rings is 1. The van der Waals surface area contributed by atoms with E-state index in [0.717, 1.165) is 18.6 Å². The molecule has 1 aromatic carbocycles. The molecule has 3 aromatic rings. The predicted octanol–water partition coefficient (Wildman–Crippen LogP) is 4.13. The van der Waals surface area contributed by atoms with Gasteiger partial charge in [0.25, 0.3) is 5.69 Å². The smallest absolute Gasteiger partial charge is 0.293 e. The van der Waals surface area contributed by atoms with Gasteiger partial charge in [0.15, 0.2) is 5.82 Å². The van der Waals surface area contributed by atoms with Gasteiger partial charge in [-0.15, -0.1) is 0 Å². The van der Waals surface area contributed by atoms with E-state index >= 15 is 0 Å². The third-order valence-electron chi connectivity index (χ3n) is 5.50. The van der Waals surface area contributed by atoms with Gasteiger partial charge < -0.3 is 13.9 Å². The highest BCUT2D eigenvalue weighted by Crippen LogP contribution is 2.41. The maximum atomic E-state index is 12.8. The second-order valence-electron chi connectivity index (χ2n) is 7.51.